The second-order valence-corrected chi connectivity index (χ2v) is 7.89. The standard InChI is InChI=1S/C23H26N4O2/c1-15(2)17-10-8-9-16(3)19(17)25-22(28)21-24-20(18-11-4-5-14-27(18)21)23(29)26-12-6-7-13-26/h4-5,8-11,14-15H,6-7,12-13H2,1-3H3,(H,25,28). The molecule has 6 nitrogen and oxygen atoms in total. The number of rotatable bonds is 4. The predicted octanol–water partition coefficient (Wildman–Crippen LogP) is 4.25. The number of anilines is 1. The van der Waals surface area contributed by atoms with Gasteiger partial charge in [0.25, 0.3) is 11.8 Å². The van der Waals surface area contributed by atoms with Gasteiger partial charge in [0, 0.05) is 25.0 Å². The molecule has 0 spiro atoms. The zero-order valence-electron chi connectivity index (χ0n) is 17.1. The Labute approximate surface area is 170 Å². The summed E-state index contributed by atoms with van der Waals surface area (Å²) >= 11 is 0. The molecule has 6 heteroatoms. The molecule has 1 aliphatic rings. The van der Waals surface area contributed by atoms with Crippen LogP contribution in [0.4, 0.5) is 5.69 Å². The van der Waals surface area contributed by atoms with Crippen molar-refractivity contribution in [2.75, 3.05) is 18.4 Å². The first-order valence-electron chi connectivity index (χ1n) is 10.1. The third kappa shape index (κ3) is 3.50. The maximum absolute atomic E-state index is 13.2. The zero-order chi connectivity index (χ0) is 20.5. The summed E-state index contributed by atoms with van der Waals surface area (Å²) in [4.78, 5) is 32.5. The largest absolute Gasteiger partial charge is 0.337 e. The Bertz CT molecular complexity index is 1080. The molecule has 0 aliphatic carbocycles. The fourth-order valence-electron chi connectivity index (χ4n) is 3.94. The number of carbonyl (C=O) groups excluding carboxylic acids is 2. The highest BCUT2D eigenvalue weighted by molar-refractivity contribution is 6.06. The smallest absolute Gasteiger partial charge is 0.292 e. The van der Waals surface area contributed by atoms with Gasteiger partial charge in [0.05, 0.1) is 5.52 Å². The number of para-hydroxylation sites is 1. The molecule has 0 saturated carbocycles. The number of imidazole rings is 1. The lowest BCUT2D eigenvalue weighted by Gasteiger charge is -2.16. The van der Waals surface area contributed by atoms with Crippen LogP contribution < -0.4 is 5.32 Å². The molecule has 1 N–H and O–H groups in total. The number of aromatic nitrogens is 2. The van der Waals surface area contributed by atoms with E-state index >= 15 is 0 Å². The molecule has 3 aromatic rings. The SMILES string of the molecule is Cc1cccc(C(C)C)c1NC(=O)c1nc(C(=O)N2CCCC2)c2ccccn12. The Kier molecular flexibility index (Phi) is 5.09. The van der Waals surface area contributed by atoms with Crippen LogP contribution in [0.5, 0.6) is 0 Å². The van der Waals surface area contributed by atoms with E-state index < -0.39 is 0 Å². The van der Waals surface area contributed by atoms with Crippen LogP contribution in [0.15, 0.2) is 42.6 Å². The number of nitrogens with one attached hydrogen (secondary N) is 1. The number of nitrogens with zero attached hydrogens (tertiary/aromatic N) is 3. The first kappa shape index (κ1) is 19.2. The van der Waals surface area contributed by atoms with E-state index in [1.54, 1.807) is 10.6 Å². The van der Waals surface area contributed by atoms with Gasteiger partial charge in [-0.3, -0.25) is 14.0 Å². The van der Waals surface area contributed by atoms with E-state index in [0.29, 0.717) is 11.2 Å². The Hall–Kier alpha value is -3.15. The molecule has 1 aliphatic heterocycles. The maximum atomic E-state index is 13.2. The number of pyridine rings is 1. The molecule has 2 amide bonds. The Morgan fingerprint density at radius 3 is 2.55 bits per heavy atom. The number of benzene rings is 1. The lowest BCUT2D eigenvalue weighted by molar-refractivity contribution is 0.0789. The zero-order valence-corrected chi connectivity index (χ0v) is 17.1. The van der Waals surface area contributed by atoms with Crippen LogP contribution in [0.1, 0.15) is 64.8 Å². The summed E-state index contributed by atoms with van der Waals surface area (Å²) in [5.74, 6) is 0.0718. The quantitative estimate of drug-likeness (QED) is 0.724. The van der Waals surface area contributed by atoms with Crippen molar-refractivity contribution in [2.45, 2.75) is 39.5 Å². The van der Waals surface area contributed by atoms with Gasteiger partial charge in [-0.1, -0.05) is 38.1 Å². The highest BCUT2D eigenvalue weighted by atomic mass is 16.2. The number of amides is 2. The first-order chi connectivity index (χ1) is 14.0. The van der Waals surface area contributed by atoms with E-state index in [-0.39, 0.29) is 23.6 Å². The molecule has 0 atom stereocenters. The van der Waals surface area contributed by atoms with Crippen LogP contribution in [0, 0.1) is 6.92 Å². The lowest BCUT2D eigenvalue weighted by atomic mass is 9.98. The molecule has 0 unspecified atom stereocenters. The van der Waals surface area contributed by atoms with Crippen LogP contribution in [0.3, 0.4) is 0 Å². The van der Waals surface area contributed by atoms with Crippen molar-refractivity contribution in [3.63, 3.8) is 0 Å². The highest BCUT2D eigenvalue weighted by Gasteiger charge is 2.27. The summed E-state index contributed by atoms with van der Waals surface area (Å²) in [7, 11) is 0. The average Bonchev–Trinajstić information content (AvgIpc) is 3.37. The van der Waals surface area contributed by atoms with Crippen molar-refractivity contribution in [3.05, 3.63) is 65.2 Å². The van der Waals surface area contributed by atoms with Crippen LogP contribution in [0.2, 0.25) is 0 Å². The van der Waals surface area contributed by atoms with Gasteiger partial charge in [-0.05, 0) is 48.9 Å². The van der Waals surface area contributed by atoms with Crippen molar-refractivity contribution in [1.29, 1.82) is 0 Å². The summed E-state index contributed by atoms with van der Waals surface area (Å²) < 4.78 is 1.70. The molecule has 150 valence electrons. The molecule has 1 saturated heterocycles. The predicted molar refractivity (Wildman–Crippen MR) is 114 cm³/mol. The summed E-state index contributed by atoms with van der Waals surface area (Å²) in [5, 5.41) is 3.04. The average molecular weight is 390 g/mol. The van der Waals surface area contributed by atoms with Gasteiger partial charge in [0.2, 0.25) is 5.82 Å². The van der Waals surface area contributed by atoms with Gasteiger partial charge in [0.15, 0.2) is 5.69 Å². The Morgan fingerprint density at radius 1 is 1.07 bits per heavy atom. The third-order valence-corrected chi connectivity index (χ3v) is 5.51. The minimum Gasteiger partial charge on any atom is -0.337 e. The number of likely N-dealkylation sites (tertiary alicyclic amines) is 1. The number of fused-ring (bicyclic) bond motifs is 1. The van der Waals surface area contributed by atoms with E-state index in [1.165, 1.54) is 0 Å². The number of aryl methyl sites for hydroxylation is 1. The van der Waals surface area contributed by atoms with Crippen molar-refractivity contribution in [1.82, 2.24) is 14.3 Å². The van der Waals surface area contributed by atoms with Crippen LogP contribution in [-0.2, 0) is 0 Å². The molecular formula is C23H26N4O2. The fraction of sp³-hybridized carbons (Fsp3) is 0.348. The normalized spacial score (nSPS) is 14.0. The first-order valence-corrected chi connectivity index (χ1v) is 10.1. The Balaban J connectivity index is 1.73. The molecule has 4 rings (SSSR count). The van der Waals surface area contributed by atoms with Crippen molar-refractivity contribution >= 4 is 23.0 Å². The van der Waals surface area contributed by atoms with Crippen LogP contribution in [-0.4, -0.2) is 39.2 Å². The van der Waals surface area contributed by atoms with E-state index in [2.05, 4.69) is 24.1 Å². The second kappa shape index (κ2) is 7.70. The minimum atomic E-state index is -0.317. The van der Waals surface area contributed by atoms with Crippen molar-refractivity contribution in [3.8, 4) is 0 Å². The van der Waals surface area contributed by atoms with E-state index in [1.807, 2.05) is 48.2 Å². The molecule has 29 heavy (non-hydrogen) atoms. The van der Waals surface area contributed by atoms with Gasteiger partial charge in [-0.15, -0.1) is 0 Å². The molecule has 2 aromatic heterocycles. The van der Waals surface area contributed by atoms with Crippen LogP contribution in [0.25, 0.3) is 5.52 Å². The van der Waals surface area contributed by atoms with Crippen molar-refractivity contribution < 1.29 is 9.59 Å². The van der Waals surface area contributed by atoms with E-state index in [0.717, 1.165) is 42.7 Å². The number of carbonyl (C=O) groups is 2. The highest BCUT2D eigenvalue weighted by Crippen LogP contribution is 2.28. The lowest BCUT2D eigenvalue weighted by Crippen LogP contribution is -2.28. The van der Waals surface area contributed by atoms with Gasteiger partial charge in [-0.2, -0.15) is 0 Å². The van der Waals surface area contributed by atoms with E-state index in [4.69, 9.17) is 0 Å². The molecule has 1 fully saturated rings. The molecular weight excluding hydrogens is 364 g/mol. The third-order valence-electron chi connectivity index (χ3n) is 5.51. The summed E-state index contributed by atoms with van der Waals surface area (Å²) in [6.07, 6.45) is 3.80. The van der Waals surface area contributed by atoms with Crippen molar-refractivity contribution in [2.24, 2.45) is 0 Å². The number of hydrogen-bond acceptors (Lipinski definition) is 3. The maximum Gasteiger partial charge on any atom is 0.292 e. The second-order valence-electron chi connectivity index (χ2n) is 7.89. The van der Waals surface area contributed by atoms with Gasteiger partial charge >= 0.3 is 0 Å². The minimum absolute atomic E-state index is 0.107. The fourth-order valence-corrected chi connectivity index (χ4v) is 3.94. The van der Waals surface area contributed by atoms with Gasteiger partial charge < -0.3 is 10.2 Å². The molecule has 3 heterocycles. The Morgan fingerprint density at radius 2 is 1.83 bits per heavy atom. The molecule has 0 radical (unpaired) electrons. The van der Waals surface area contributed by atoms with Gasteiger partial charge in [-0.25, -0.2) is 4.98 Å². The van der Waals surface area contributed by atoms with Gasteiger partial charge in [0.1, 0.15) is 0 Å². The van der Waals surface area contributed by atoms with Crippen LogP contribution >= 0.6 is 0 Å². The molecule has 1 aromatic carbocycles. The summed E-state index contributed by atoms with van der Waals surface area (Å²) in [6.45, 7) is 7.66. The monoisotopic (exact) mass is 390 g/mol. The summed E-state index contributed by atoms with van der Waals surface area (Å²) in [5.41, 5.74) is 3.88. The summed E-state index contributed by atoms with van der Waals surface area (Å²) in [6, 6.07) is 11.5. The number of hydrogen-bond donors (Lipinski definition) is 1. The molecule has 0 bridgehead atoms. The van der Waals surface area contributed by atoms with E-state index in [9.17, 15) is 9.59 Å². The topological polar surface area (TPSA) is 66.7 Å².